The number of rotatable bonds is 5. The minimum atomic E-state index is -4.95. The summed E-state index contributed by atoms with van der Waals surface area (Å²) in [4.78, 5) is 41.5. The first-order chi connectivity index (χ1) is 20.8. The molecule has 4 heterocycles. The summed E-state index contributed by atoms with van der Waals surface area (Å²) in [6.45, 7) is 5.75. The number of amides is 1. The van der Waals surface area contributed by atoms with Gasteiger partial charge in [0.25, 0.3) is 5.91 Å². The van der Waals surface area contributed by atoms with Crippen LogP contribution in [0.3, 0.4) is 0 Å². The summed E-state index contributed by atoms with van der Waals surface area (Å²) in [5.41, 5.74) is -1.66. The van der Waals surface area contributed by atoms with Crippen molar-refractivity contribution in [2.45, 2.75) is 38.5 Å². The van der Waals surface area contributed by atoms with Crippen molar-refractivity contribution in [2.75, 3.05) is 48.3 Å². The molecule has 1 fully saturated rings. The van der Waals surface area contributed by atoms with Crippen LogP contribution >= 0.6 is 0 Å². The number of hydrogen-bond donors (Lipinski definition) is 2. The molecule has 2 N–H and O–H groups in total. The van der Waals surface area contributed by atoms with Crippen LogP contribution in [0, 0.1) is 17.1 Å². The van der Waals surface area contributed by atoms with E-state index in [1.54, 1.807) is 0 Å². The van der Waals surface area contributed by atoms with Gasteiger partial charge in [-0.3, -0.25) is 14.5 Å². The molecule has 2 aromatic heterocycles. The lowest BCUT2D eigenvalue weighted by molar-refractivity contribution is -0.138. The lowest BCUT2D eigenvalue weighted by atomic mass is 9.98. The molecule has 2 atom stereocenters. The van der Waals surface area contributed by atoms with E-state index < -0.39 is 34.6 Å². The predicted octanol–water partition coefficient (Wildman–Crippen LogP) is 4.27. The second-order valence-electron chi connectivity index (χ2n) is 11.0. The number of H-pyrrole nitrogens is 1. The van der Waals surface area contributed by atoms with Gasteiger partial charge in [0.15, 0.2) is 0 Å². The number of likely N-dealkylation sites (N-methyl/N-ethyl adjacent to an activating group) is 1. The summed E-state index contributed by atoms with van der Waals surface area (Å²) in [7, 11) is 1.98. The fourth-order valence-electron chi connectivity index (χ4n) is 5.51. The number of nitriles is 1. The molecule has 5 rings (SSSR count). The molecular formula is C30H30F4N8O2. The number of piperazine rings is 1. The molecule has 3 aromatic rings. The van der Waals surface area contributed by atoms with Gasteiger partial charge < -0.3 is 20.1 Å². The molecule has 1 amide bonds. The van der Waals surface area contributed by atoms with Crippen molar-refractivity contribution in [1.29, 1.82) is 5.26 Å². The van der Waals surface area contributed by atoms with Crippen LogP contribution in [0.5, 0.6) is 0 Å². The minimum absolute atomic E-state index is 0.0723. The number of aromatic amines is 1. The highest BCUT2D eigenvalue weighted by Crippen LogP contribution is 2.37. The second kappa shape index (κ2) is 12.1. The molecule has 44 heavy (non-hydrogen) atoms. The summed E-state index contributed by atoms with van der Waals surface area (Å²) in [5.74, 6) is -1.31. The monoisotopic (exact) mass is 610 g/mol. The number of aromatic nitrogens is 3. The molecule has 2 unspecified atom stereocenters. The number of alkyl halides is 3. The Morgan fingerprint density at radius 2 is 1.80 bits per heavy atom. The highest BCUT2D eigenvalue weighted by Gasteiger charge is 2.36. The number of halogens is 4. The SMILES string of the molecule is CC1CN(c2cc(F)c(C3=CCCN(c4ncc(C#N)cn4)C3)cc2NC(=O)c2c[nH]c(=O)cc2C(F)(F)F)CC(C)N1C. The van der Waals surface area contributed by atoms with Crippen LogP contribution in [-0.4, -0.2) is 71.1 Å². The number of hydrogen-bond acceptors (Lipinski definition) is 8. The molecule has 0 spiro atoms. The number of benzene rings is 1. The van der Waals surface area contributed by atoms with Crippen molar-refractivity contribution in [2.24, 2.45) is 0 Å². The Balaban J connectivity index is 1.54. The Morgan fingerprint density at radius 1 is 1.11 bits per heavy atom. The molecule has 1 saturated heterocycles. The van der Waals surface area contributed by atoms with Gasteiger partial charge in [0.1, 0.15) is 11.9 Å². The van der Waals surface area contributed by atoms with Crippen molar-refractivity contribution in [1.82, 2.24) is 19.9 Å². The van der Waals surface area contributed by atoms with Crippen molar-refractivity contribution < 1.29 is 22.4 Å². The molecular weight excluding hydrogens is 580 g/mol. The van der Waals surface area contributed by atoms with Gasteiger partial charge in [0.05, 0.1) is 40.5 Å². The Hall–Kier alpha value is -4.77. The minimum Gasteiger partial charge on any atom is -0.367 e. The van der Waals surface area contributed by atoms with E-state index in [2.05, 4.69) is 25.2 Å². The summed E-state index contributed by atoms with van der Waals surface area (Å²) in [5, 5.41) is 11.6. The molecule has 0 radical (unpaired) electrons. The van der Waals surface area contributed by atoms with Gasteiger partial charge in [-0.2, -0.15) is 18.4 Å². The predicted molar refractivity (Wildman–Crippen MR) is 157 cm³/mol. The summed E-state index contributed by atoms with van der Waals surface area (Å²) in [6, 6.07) is 5.17. The lowest BCUT2D eigenvalue weighted by Crippen LogP contribution is -2.55. The average molecular weight is 611 g/mol. The first-order valence-electron chi connectivity index (χ1n) is 13.9. The topological polar surface area (TPSA) is 121 Å². The normalized spacial score (nSPS) is 19.4. The number of pyridine rings is 1. The Labute approximate surface area is 250 Å². The van der Waals surface area contributed by atoms with E-state index in [9.17, 15) is 22.8 Å². The van der Waals surface area contributed by atoms with E-state index in [1.165, 1.54) is 24.5 Å². The molecule has 14 heteroatoms. The summed E-state index contributed by atoms with van der Waals surface area (Å²) >= 11 is 0. The first-order valence-corrected chi connectivity index (χ1v) is 13.9. The van der Waals surface area contributed by atoms with Crippen LogP contribution in [0.25, 0.3) is 5.57 Å². The first kappa shape index (κ1) is 30.7. The molecule has 10 nitrogen and oxygen atoms in total. The fraction of sp³-hybridized carbons (Fsp3) is 0.367. The zero-order chi connectivity index (χ0) is 31.8. The van der Waals surface area contributed by atoms with E-state index in [1.807, 2.05) is 42.8 Å². The lowest BCUT2D eigenvalue weighted by Gasteiger charge is -2.44. The van der Waals surface area contributed by atoms with Crippen molar-refractivity contribution in [3.63, 3.8) is 0 Å². The third-order valence-electron chi connectivity index (χ3n) is 8.06. The summed E-state index contributed by atoms with van der Waals surface area (Å²) < 4.78 is 57.2. The highest BCUT2D eigenvalue weighted by atomic mass is 19.4. The van der Waals surface area contributed by atoms with Gasteiger partial charge in [-0.15, -0.1) is 0 Å². The molecule has 0 bridgehead atoms. The van der Waals surface area contributed by atoms with Gasteiger partial charge in [-0.25, -0.2) is 14.4 Å². The Kier molecular flexibility index (Phi) is 8.42. The third kappa shape index (κ3) is 6.28. The third-order valence-corrected chi connectivity index (χ3v) is 8.06. The van der Waals surface area contributed by atoms with E-state index in [4.69, 9.17) is 5.26 Å². The van der Waals surface area contributed by atoms with E-state index in [-0.39, 0.29) is 29.9 Å². The van der Waals surface area contributed by atoms with Crippen LogP contribution in [0.4, 0.5) is 34.9 Å². The quantitative estimate of drug-likeness (QED) is 0.411. The molecule has 0 aliphatic carbocycles. The zero-order valence-electron chi connectivity index (χ0n) is 24.2. The molecule has 2 aliphatic rings. The van der Waals surface area contributed by atoms with Crippen LogP contribution in [0.1, 0.15) is 47.3 Å². The number of carbonyl (C=O) groups excluding carboxylic acids is 1. The fourth-order valence-corrected chi connectivity index (χ4v) is 5.51. The number of nitrogens with zero attached hydrogens (tertiary/aromatic N) is 6. The number of carbonyl (C=O) groups is 1. The van der Waals surface area contributed by atoms with Gasteiger partial charge in [0, 0.05) is 56.1 Å². The molecule has 0 saturated carbocycles. The van der Waals surface area contributed by atoms with E-state index >= 15 is 4.39 Å². The molecule has 230 valence electrons. The van der Waals surface area contributed by atoms with E-state index in [0.29, 0.717) is 54.9 Å². The molecule has 2 aliphatic heterocycles. The van der Waals surface area contributed by atoms with Crippen molar-refractivity contribution >= 4 is 28.8 Å². The van der Waals surface area contributed by atoms with Gasteiger partial charge >= 0.3 is 6.18 Å². The standard InChI is InChI=1S/C30H30F4N8O2/c1-17-14-42(15-18(2)40(17)3)26-9-24(31)21(20-5-4-6-41(16-20)29-37-11-19(10-35)12-38-29)7-25(26)39-28(44)22-13-36-27(43)8-23(22)30(32,33)34/h5,7-9,11-13,17-18H,4,6,14-16H2,1-3H3,(H,36,43)(H,39,44). The van der Waals surface area contributed by atoms with Crippen LogP contribution in [-0.2, 0) is 6.18 Å². The Bertz CT molecular complexity index is 1690. The zero-order valence-corrected chi connectivity index (χ0v) is 24.2. The summed E-state index contributed by atoms with van der Waals surface area (Å²) in [6.07, 6.45) is 0.948. The smallest absolute Gasteiger partial charge is 0.367 e. The number of nitrogens with one attached hydrogen (secondary N) is 2. The average Bonchev–Trinajstić information content (AvgIpc) is 2.99. The maximum atomic E-state index is 15.9. The van der Waals surface area contributed by atoms with Gasteiger partial charge in [-0.1, -0.05) is 6.08 Å². The Morgan fingerprint density at radius 3 is 2.43 bits per heavy atom. The maximum absolute atomic E-state index is 15.9. The van der Waals surface area contributed by atoms with Crippen LogP contribution in [0.2, 0.25) is 0 Å². The highest BCUT2D eigenvalue weighted by molar-refractivity contribution is 6.07. The van der Waals surface area contributed by atoms with Crippen LogP contribution in [0.15, 0.2) is 47.7 Å². The van der Waals surface area contributed by atoms with Crippen LogP contribution < -0.4 is 20.7 Å². The van der Waals surface area contributed by atoms with Gasteiger partial charge in [-0.05, 0) is 45.0 Å². The maximum Gasteiger partial charge on any atom is 0.417 e. The van der Waals surface area contributed by atoms with Crippen molar-refractivity contribution in [3.8, 4) is 6.07 Å². The largest absolute Gasteiger partial charge is 0.417 e. The van der Waals surface area contributed by atoms with Gasteiger partial charge in [0.2, 0.25) is 11.5 Å². The van der Waals surface area contributed by atoms with Crippen molar-refractivity contribution in [3.05, 3.63) is 81.3 Å². The van der Waals surface area contributed by atoms with E-state index in [0.717, 1.165) is 6.20 Å². The molecule has 1 aromatic carbocycles. The second-order valence-corrected chi connectivity index (χ2v) is 11.0. The number of anilines is 3.